The first-order valence-corrected chi connectivity index (χ1v) is 10.3. The van der Waals surface area contributed by atoms with Crippen LogP contribution in [0.4, 0.5) is 0 Å². The van der Waals surface area contributed by atoms with Crippen molar-refractivity contribution in [1.82, 2.24) is 4.41 Å². The van der Waals surface area contributed by atoms with Gasteiger partial charge in [-0.25, -0.2) is 0 Å². The van der Waals surface area contributed by atoms with Crippen LogP contribution in [0.3, 0.4) is 0 Å². The van der Waals surface area contributed by atoms with Gasteiger partial charge in [0.05, 0.1) is 16.6 Å². The Hall–Kier alpha value is -2.92. The number of hydrogen-bond donors (Lipinski definition) is 0. The Morgan fingerprint density at radius 2 is 1.44 bits per heavy atom. The number of hydrogen-bond acceptors (Lipinski definition) is 3. The van der Waals surface area contributed by atoms with E-state index in [0.29, 0.717) is 6.42 Å². The molecule has 3 aromatic rings. The lowest BCUT2D eigenvalue weighted by Crippen LogP contribution is -2.27. The third-order valence-electron chi connectivity index (χ3n) is 4.73. The highest BCUT2D eigenvalue weighted by Gasteiger charge is 2.37. The topological polar surface area (TPSA) is 49.7 Å². The monoisotopic (exact) mass is 376 g/mol. The summed E-state index contributed by atoms with van der Waals surface area (Å²) < 4.78 is 27.9. The highest BCUT2D eigenvalue weighted by Crippen LogP contribution is 2.37. The number of benzene rings is 3. The van der Waals surface area contributed by atoms with Gasteiger partial charge in [-0.1, -0.05) is 78.4 Å². The fourth-order valence-corrected chi connectivity index (χ4v) is 4.69. The normalized spacial score (nSPS) is 17.0. The molecular weight excluding hydrogens is 356 g/mol. The second kappa shape index (κ2) is 7.00. The first-order chi connectivity index (χ1) is 13.1. The zero-order valence-electron chi connectivity index (χ0n) is 15.0. The summed E-state index contributed by atoms with van der Waals surface area (Å²) in [4.78, 5) is 0.257. The molecule has 0 radical (unpaired) electrons. The molecule has 27 heavy (non-hydrogen) atoms. The summed E-state index contributed by atoms with van der Waals surface area (Å²) in [6, 6.07) is 26.0. The molecule has 4 nitrogen and oxygen atoms in total. The van der Waals surface area contributed by atoms with E-state index >= 15 is 0 Å². The van der Waals surface area contributed by atoms with E-state index in [1.54, 1.807) is 12.1 Å². The van der Waals surface area contributed by atoms with Crippen LogP contribution in [-0.2, 0) is 10.0 Å². The summed E-state index contributed by atoms with van der Waals surface area (Å²) in [5, 5.41) is 4.55. The van der Waals surface area contributed by atoms with Gasteiger partial charge < -0.3 is 0 Å². The van der Waals surface area contributed by atoms with Crippen molar-refractivity contribution >= 4 is 15.7 Å². The minimum atomic E-state index is -3.75. The fraction of sp³-hybridized carbons (Fsp3) is 0.136. The molecule has 0 bridgehead atoms. The highest BCUT2D eigenvalue weighted by molar-refractivity contribution is 7.89. The molecule has 1 heterocycles. The Balaban J connectivity index is 1.80. The highest BCUT2D eigenvalue weighted by atomic mass is 32.2. The Kier molecular flexibility index (Phi) is 4.54. The van der Waals surface area contributed by atoms with Crippen LogP contribution in [0.2, 0.25) is 0 Å². The van der Waals surface area contributed by atoms with Crippen molar-refractivity contribution in [3.8, 4) is 0 Å². The molecule has 0 N–H and O–H groups in total. The van der Waals surface area contributed by atoms with Gasteiger partial charge in [-0.15, -0.1) is 0 Å². The van der Waals surface area contributed by atoms with Crippen molar-refractivity contribution in [3.63, 3.8) is 0 Å². The zero-order valence-corrected chi connectivity index (χ0v) is 15.8. The van der Waals surface area contributed by atoms with E-state index in [-0.39, 0.29) is 10.9 Å². The Bertz CT molecular complexity index is 1060. The maximum Gasteiger partial charge on any atom is 0.279 e. The molecule has 0 spiro atoms. The van der Waals surface area contributed by atoms with E-state index in [9.17, 15) is 8.42 Å². The van der Waals surface area contributed by atoms with Crippen LogP contribution in [-0.4, -0.2) is 18.5 Å². The molecule has 0 unspecified atom stereocenters. The maximum absolute atomic E-state index is 13.3. The SMILES string of the molecule is Cc1ccc(S(=O)(=O)N2N=C(c3ccccc3)C[C@H]2c2ccccc2)cc1. The average Bonchev–Trinajstić information content (AvgIpc) is 3.16. The molecule has 0 fully saturated rings. The predicted molar refractivity (Wildman–Crippen MR) is 107 cm³/mol. The van der Waals surface area contributed by atoms with Gasteiger partial charge in [0.2, 0.25) is 0 Å². The van der Waals surface area contributed by atoms with Crippen LogP contribution in [0.25, 0.3) is 0 Å². The molecule has 136 valence electrons. The second-order valence-corrected chi connectivity index (χ2v) is 8.43. The smallest absolute Gasteiger partial charge is 0.200 e. The third-order valence-corrected chi connectivity index (χ3v) is 6.43. The van der Waals surface area contributed by atoms with E-state index in [1.807, 2.05) is 79.7 Å². The second-order valence-electron chi connectivity index (χ2n) is 6.63. The summed E-state index contributed by atoms with van der Waals surface area (Å²) in [5.74, 6) is 0. The molecule has 1 aliphatic rings. The van der Waals surface area contributed by atoms with Gasteiger partial charge in [0, 0.05) is 6.42 Å². The molecule has 4 rings (SSSR count). The van der Waals surface area contributed by atoms with Gasteiger partial charge in [-0.2, -0.15) is 17.9 Å². The van der Waals surface area contributed by atoms with Crippen molar-refractivity contribution < 1.29 is 8.42 Å². The fourth-order valence-electron chi connectivity index (χ4n) is 3.26. The summed E-state index contributed by atoms with van der Waals surface area (Å²) in [6.07, 6.45) is 0.541. The number of hydrazone groups is 1. The summed E-state index contributed by atoms with van der Waals surface area (Å²) in [7, 11) is -3.75. The lowest BCUT2D eigenvalue weighted by Gasteiger charge is -2.23. The summed E-state index contributed by atoms with van der Waals surface area (Å²) in [6.45, 7) is 1.94. The number of aryl methyl sites for hydroxylation is 1. The first kappa shape index (κ1) is 17.5. The molecule has 5 heteroatoms. The summed E-state index contributed by atoms with van der Waals surface area (Å²) >= 11 is 0. The van der Waals surface area contributed by atoms with E-state index in [1.165, 1.54) is 4.41 Å². The third kappa shape index (κ3) is 3.38. The molecule has 0 aromatic heterocycles. The van der Waals surface area contributed by atoms with Gasteiger partial charge in [0.1, 0.15) is 0 Å². The molecule has 0 saturated carbocycles. The van der Waals surface area contributed by atoms with Gasteiger partial charge in [-0.05, 0) is 30.2 Å². The van der Waals surface area contributed by atoms with Gasteiger partial charge in [-0.3, -0.25) is 0 Å². The lowest BCUT2D eigenvalue weighted by atomic mass is 9.99. The van der Waals surface area contributed by atoms with Crippen molar-refractivity contribution in [3.05, 3.63) is 102 Å². The van der Waals surface area contributed by atoms with Gasteiger partial charge in [0.25, 0.3) is 10.0 Å². The van der Waals surface area contributed by atoms with Crippen LogP contribution in [0.1, 0.15) is 29.2 Å². The molecular formula is C22H20N2O2S. The van der Waals surface area contributed by atoms with E-state index < -0.39 is 10.0 Å². The summed E-state index contributed by atoms with van der Waals surface area (Å²) in [5.41, 5.74) is 3.67. The molecule has 0 amide bonds. The maximum atomic E-state index is 13.3. The molecule has 0 aliphatic carbocycles. The van der Waals surface area contributed by atoms with Crippen LogP contribution >= 0.6 is 0 Å². The predicted octanol–water partition coefficient (Wildman–Crippen LogP) is 4.54. The van der Waals surface area contributed by atoms with Gasteiger partial charge in [0.15, 0.2) is 0 Å². The Morgan fingerprint density at radius 1 is 0.852 bits per heavy atom. The Labute approximate surface area is 159 Å². The standard InChI is InChI=1S/C22H20N2O2S/c1-17-12-14-20(15-13-17)27(25,26)24-22(19-10-6-3-7-11-19)16-21(23-24)18-8-4-2-5-9-18/h2-15,22H,16H2,1H3/t22-/m0/s1. The number of sulfonamides is 1. The minimum absolute atomic E-state index is 0.257. The molecule has 0 saturated heterocycles. The Morgan fingerprint density at radius 3 is 2.07 bits per heavy atom. The average molecular weight is 376 g/mol. The van der Waals surface area contributed by atoms with Crippen molar-refractivity contribution in [1.29, 1.82) is 0 Å². The number of nitrogens with zero attached hydrogens (tertiary/aromatic N) is 2. The quantitative estimate of drug-likeness (QED) is 0.671. The van der Waals surface area contributed by atoms with E-state index in [2.05, 4.69) is 5.10 Å². The van der Waals surface area contributed by atoms with Crippen LogP contribution in [0, 0.1) is 6.92 Å². The molecule has 1 atom stereocenters. The van der Waals surface area contributed by atoms with Crippen LogP contribution in [0.5, 0.6) is 0 Å². The van der Waals surface area contributed by atoms with Crippen molar-refractivity contribution in [2.24, 2.45) is 5.10 Å². The van der Waals surface area contributed by atoms with Crippen LogP contribution in [0.15, 0.2) is 94.9 Å². The molecule has 3 aromatic carbocycles. The van der Waals surface area contributed by atoms with E-state index in [0.717, 1.165) is 22.4 Å². The number of rotatable bonds is 4. The first-order valence-electron chi connectivity index (χ1n) is 8.85. The zero-order chi connectivity index (χ0) is 18.9. The molecule has 1 aliphatic heterocycles. The lowest BCUT2D eigenvalue weighted by molar-refractivity contribution is 0.371. The largest absolute Gasteiger partial charge is 0.279 e. The van der Waals surface area contributed by atoms with Crippen LogP contribution < -0.4 is 0 Å². The van der Waals surface area contributed by atoms with E-state index in [4.69, 9.17) is 0 Å². The van der Waals surface area contributed by atoms with Gasteiger partial charge >= 0.3 is 0 Å². The van der Waals surface area contributed by atoms with Crippen molar-refractivity contribution in [2.75, 3.05) is 0 Å². The van der Waals surface area contributed by atoms with Crippen molar-refractivity contribution in [2.45, 2.75) is 24.3 Å². The minimum Gasteiger partial charge on any atom is -0.200 e.